The summed E-state index contributed by atoms with van der Waals surface area (Å²) in [6, 6.07) is 1.80. The molecule has 20 heavy (non-hydrogen) atoms. The molecule has 1 saturated heterocycles. The van der Waals surface area contributed by atoms with E-state index in [1.165, 1.54) is 7.11 Å². The van der Waals surface area contributed by atoms with Crippen molar-refractivity contribution in [1.82, 2.24) is 4.90 Å². The number of nitrogens with zero attached hydrogens (tertiary/aromatic N) is 1. The van der Waals surface area contributed by atoms with Crippen LogP contribution < -0.4 is 0 Å². The van der Waals surface area contributed by atoms with Gasteiger partial charge in [0.05, 0.1) is 13.2 Å². The van der Waals surface area contributed by atoms with Gasteiger partial charge in [-0.15, -0.1) is 0 Å². The number of hydrogen-bond acceptors (Lipinski definition) is 4. The number of hydrogen-bond donors (Lipinski definition) is 1. The first-order chi connectivity index (χ1) is 9.43. The molecule has 1 aromatic carbocycles. The number of benzene rings is 1. The highest BCUT2D eigenvalue weighted by atomic mass is 19.2. The summed E-state index contributed by atoms with van der Waals surface area (Å²) in [5.41, 5.74) is -0.0908. The Labute approximate surface area is 113 Å². The lowest BCUT2D eigenvalue weighted by Crippen LogP contribution is -2.41. The minimum atomic E-state index is -1.15. The van der Waals surface area contributed by atoms with Crippen molar-refractivity contribution in [3.05, 3.63) is 35.4 Å². The van der Waals surface area contributed by atoms with Gasteiger partial charge in [-0.3, -0.25) is 4.79 Å². The van der Waals surface area contributed by atoms with E-state index in [2.05, 4.69) is 4.74 Å². The first-order valence-corrected chi connectivity index (χ1v) is 5.96. The number of ether oxygens (including phenoxy) is 1. The second-order valence-corrected chi connectivity index (χ2v) is 4.51. The van der Waals surface area contributed by atoms with E-state index in [0.717, 1.165) is 23.1 Å². The summed E-state index contributed by atoms with van der Waals surface area (Å²) in [4.78, 5) is 24.9. The molecule has 1 N–H and O–H groups in total. The Morgan fingerprint density at radius 1 is 1.35 bits per heavy atom. The molecule has 7 heteroatoms. The maximum absolute atomic E-state index is 13.1. The minimum absolute atomic E-state index is 0.0576. The standard InChI is InChI=1S/C13H13F2NO4/c1-20-13(19)11-5-8(17)6-16(11)12(18)7-2-3-9(14)10(15)4-7/h2-4,8,11,17H,5-6H2,1H3. The first kappa shape index (κ1) is 14.4. The van der Waals surface area contributed by atoms with Crippen LogP contribution in [0.4, 0.5) is 8.78 Å². The molecular weight excluding hydrogens is 272 g/mol. The lowest BCUT2D eigenvalue weighted by atomic mass is 10.1. The smallest absolute Gasteiger partial charge is 0.328 e. The van der Waals surface area contributed by atoms with Gasteiger partial charge in [0.2, 0.25) is 0 Å². The number of aliphatic hydroxyl groups is 1. The van der Waals surface area contributed by atoms with Crippen molar-refractivity contribution in [2.75, 3.05) is 13.7 Å². The molecule has 1 fully saturated rings. The monoisotopic (exact) mass is 285 g/mol. The van der Waals surface area contributed by atoms with Gasteiger partial charge < -0.3 is 14.7 Å². The van der Waals surface area contributed by atoms with E-state index in [4.69, 9.17) is 0 Å². The summed E-state index contributed by atoms with van der Waals surface area (Å²) >= 11 is 0. The van der Waals surface area contributed by atoms with Gasteiger partial charge >= 0.3 is 5.97 Å². The molecule has 1 aliphatic rings. The number of amides is 1. The second-order valence-electron chi connectivity index (χ2n) is 4.51. The predicted molar refractivity (Wildman–Crippen MR) is 63.8 cm³/mol. The van der Waals surface area contributed by atoms with Crippen LogP contribution in [0.5, 0.6) is 0 Å². The fourth-order valence-corrected chi connectivity index (χ4v) is 2.19. The van der Waals surface area contributed by atoms with Gasteiger partial charge in [-0.25, -0.2) is 13.6 Å². The summed E-state index contributed by atoms with van der Waals surface area (Å²) in [5, 5.41) is 9.57. The van der Waals surface area contributed by atoms with Gasteiger partial charge in [0.1, 0.15) is 6.04 Å². The van der Waals surface area contributed by atoms with Gasteiger partial charge in [-0.1, -0.05) is 0 Å². The molecular formula is C13H13F2NO4. The average Bonchev–Trinajstić information content (AvgIpc) is 2.82. The molecule has 5 nitrogen and oxygen atoms in total. The largest absolute Gasteiger partial charge is 0.467 e. The summed E-state index contributed by atoms with van der Waals surface area (Å²) in [5.74, 6) is -3.52. The van der Waals surface area contributed by atoms with Gasteiger partial charge in [0.25, 0.3) is 5.91 Å². The minimum Gasteiger partial charge on any atom is -0.467 e. The van der Waals surface area contributed by atoms with Crippen LogP contribution in [0.15, 0.2) is 18.2 Å². The van der Waals surface area contributed by atoms with Gasteiger partial charge in [0, 0.05) is 18.5 Å². The van der Waals surface area contributed by atoms with Gasteiger partial charge in [0.15, 0.2) is 11.6 Å². The number of esters is 1. The Bertz CT molecular complexity index is 549. The molecule has 0 bridgehead atoms. The molecule has 0 aromatic heterocycles. The fourth-order valence-electron chi connectivity index (χ4n) is 2.19. The predicted octanol–water partition coefficient (Wildman–Crippen LogP) is 0.713. The van der Waals surface area contributed by atoms with E-state index in [0.29, 0.717) is 0 Å². The van der Waals surface area contributed by atoms with Gasteiger partial charge in [-0.05, 0) is 18.2 Å². The molecule has 2 atom stereocenters. The van der Waals surface area contributed by atoms with Crippen molar-refractivity contribution in [1.29, 1.82) is 0 Å². The van der Waals surface area contributed by atoms with Crippen LogP contribution in [0.2, 0.25) is 0 Å². The van der Waals surface area contributed by atoms with Crippen molar-refractivity contribution in [3.63, 3.8) is 0 Å². The number of halogens is 2. The Kier molecular flexibility index (Phi) is 3.99. The number of methoxy groups -OCH3 is 1. The quantitative estimate of drug-likeness (QED) is 0.813. The number of carbonyl (C=O) groups is 2. The Morgan fingerprint density at radius 3 is 2.65 bits per heavy atom. The third kappa shape index (κ3) is 2.62. The summed E-state index contributed by atoms with van der Waals surface area (Å²) in [6.07, 6.45) is -0.796. The highest BCUT2D eigenvalue weighted by molar-refractivity contribution is 5.97. The number of carbonyl (C=O) groups excluding carboxylic acids is 2. The zero-order chi connectivity index (χ0) is 14.9. The second kappa shape index (κ2) is 5.54. The first-order valence-electron chi connectivity index (χ1n) is 5.96. The lowest BCUT2D eigenvalue weighted by molar-refractivity contribution is -0.145. The van der Waals surface area contributed by atoms with E-state index in [-0.39, 0.29) is 18.5 Å². The summed E-state index contributed by atoms with van der Waals surface area (Å²) < 4.78 is 30.5. The van der Waals surface area contributed by atoms with Crippen molar-refractivity contribution >= 4 is 11.9 Å². The van der Waals surface area contributed by atoms with Gasteiger partial charge in [-0.2, -0.15) is 0 Å². The molecule has 1 amide bonds. The van der Waals surface area contributed by atoms with Crippen LogP contribution in [0.3, 0.4) is 0 Å². The molecule has 0 aliphatic carbocycles. The summed E-state index contributed by atoms with van der Waals surface area (Å²) in [7, 11) is 1.17. The van der Waals surface area contributed by atoms with Crippen LogP contribution in [-0.2, 0) is 9.53 Å². The van der Waals surface area contributed by atoms with Crippen LogP contribution >= 0.6 is 0 Å². The van der Waals surface area contributed by atoms with Crippen LogP contribution in [-0.4, -0.2) is 47.7 Å². The van der Waals surface area contributed by atoms with Crippen LogP contribution in [0, 0.1) is 11.6 Å². The number of β-amino-alcohol motifs (C(OH)–C–C–N with tert-alkyl or cyclic N) is 1. The molecule has 2 rings (SSSR count). The van der Waals surface area contributed by atoms with Crippen molar-refractivity contribution < 1.29 is 28.2 Å². The van der Waals surface area contributed by atoms with Crippen molar-refractivity contribution in [2.45, 2.75) is 18.6 Å². The van der Waals surface area contributed by atoms with Crippen molar-refractivity contribution in [2.24, 2.45) is 0 Å². The average molecular weight is 285 g/mol. The van der Waals surface area contributed by atoms with E-state index < -0.39 is 35.7 Å². The molecule has 1 aromatic rings. The zero-order valence-corrected chi connectivity index (χ0v) is 10.7. The molecule has 108 valence electrons. The van der Waals surface area contributed by atoms with E-state index in [9.17, 15) is 23.5 Å². The van der Waals surface area contributed by atoms with Crippen LogP contribution in [0.1, 0.15) is 16.8 Å². The normalized spacial score (nSPS) is 21.9. The zero-order valence-electron chi connectivity index (χ0n) is 10.7. The molecule has 0 saturated carbocycles. The van der Waals surface area contributed by atoms with E-state index >= 15 is 0 Å². The Balaban J connectivity index is 2.26. The molecule has 1 aliphatic heterocycles. The molecule has 0 radical (unpaired) electrons. The van der Waals surface area contributed by atoms with Crippen LogP contribution in [0.25, 0.3) is 0 Å². The maximum Gasteiger partial charge on any atom is 0.328 e. The number of aliphatic hydroxyl groups excluding tert-OH is 1. The number of rotatable bonds is 2. The third-order valence-electron chi connectivity index (χ3n) is 3.18. The molecule has 1 heterocycles. The number of likely N-dealkylation sites (tertiary alicyclic amines) is 1. The van der Waals surface area contributed by atoms with E-state index in [1.54, 1.807) is 0 Å². The third-order valence-corrected chi connectivity index (χ3v) is 3.18. The maximum atomic E-state index is 13.1. The molecule has 2 unspecified atom stereocenters. The summed E-state index contributed by atoms with van der Waals surface area (Å²) in [6.45, 7) is -0.0579. The topological polar surface area (TPSA) is 66.8 Å². The van der Waals surface area contributed by atoms with Crippen molar-refractivity contribution in [3.8, 4) is 0 Å². The highest BCUT2D eigenvalue weighted by Gasteiger charge is 2.40. The SMILES string of the molecule is COC(=O)C1CC(O)CN1C(=O)c1ccc(F)c(F)c1. The lowest BCUT2D eigenvalue weighted by Gasteiger charge is -2.22. The fraction of sp³-hybridized carbons (Fsp3) is 0.385. The Morgan fingerprint density at radius 2 is 2.05 bits per heavy atom. The van der Waals surface area contributed by atoms with E-state index in [1.807, 2.05) is 0 Å². The Hall–Kier alpha value is -2.02. The highest BCUT2D eigenvalue weighted by Crippen LogP contribution is 2.22. The molecule has 0 spiro atoms.